The van der Waals surface area contributed by atoms with Gasteiger partial charge in [-0.15, -0.1) is 11.8 Å². The van der Waals surface area contributed by atoms with Crippen molar-refractivity contribution in [3.8, 4) is 0 Å². The minimum atomic E-state index is 0.333. The highest BCUT2D eigenvalue weighted by atomic mass is 79.9. The molecule has 0 amide bonds. The number of nitrogens with two attached hydrogens (primary N) is 1. The topological polar surface area (TPSA) is 38.9 Å². The van der Waals surface area contributed by atoms with Gasteiger partial charge in [0.1, 0.15) is 4.99 Å². The first kappa shape index (κ1) is 13.5. The molecule has 2 N–H and O–H groups in total. The van der Waals surface area contributed by atoms with E-state index in [0.717, 1.165) is 15.1 Å². The summed E-state index contributed by atoms with van der Waals surface area (Å²) < 4.78 is 1.10. The van der Waals surface area contributed by atoms with Crippen LogP contribution in [0.5, 0.6) is 0 Å². The molecule has 0 radical (unpaired) electrons. The van der Waals surface area contributed by atoms with Crippen LogP contribution in [0, 0.1) is 0 Å². The summed E-state index contributed by atoms with van der Waals surface area (Å²) in [5.41, 5.74) is 7.50. The van der Waals surface area contributed by atoms with Crippen LogP contribution in [0.15, 0.2) is 52.0 Å². The van der Waals surface area contributed by atoms with E-state index in [2.05, 4.69) is 33.0 Å². The van der Waals surface area contributed by atoms with Crippen LogP contribution in [-0.2, 0) is 5.75 Å². The van der Waals surface area contributed by atoms with Gasteiger partial charge in [-0.2, -0.15) is 0 Å². The Morgan fingerprint density at radius 2 is 2.17 bits per heavy atom. The predicted molar refractivity (Wildman–Crippen MR) is 83.8 cm³/mol. The quantitative estimate of drug-likeness (QED) is 0.680. The van der Waals surface area contributed by atoms with Crippen LogP contribution in [0.2, 0.25) is 0 Å². The molecule has 2 nitrogen and oxygen atoms in total. The molecule has 2 rings (SSSR count). The smallest absolute Gasteiger partial charge is 0.122 e. The fourth-order valence-electron chi connectivity index (χ4n) is 1.43. The molecule has 0 saturated carbocycles. The van der Waals surface area contributed by atoms with Crippen LogP contribution in [-0.4, -0.2) is 9.97 Å². The Labute approximate surface area is 124 Å². The largest absolute Gasteiger partial charge is 0.388 e. The van der Waals surface area contributed by atoms with Gasteiger partial charge in [0.15, 0.2) is 0 Å². The van der Waals surface area contributed by atoms with Gasteiger partial charge in [-0.1, -0.05) is 40.3 Å². The first-order valence-corrected chi connectivity index (χ1v) is 7.47. The third-order valence-corrected chi connectivity index (χ3v) is 4.05. The van der Waals surface area contributed by atoms with E-state index in [-0.39, 0.29) is 0 Å². The van der Waals surface area contributed by atoms with Crippen molar-refractivity contribution in [2.45, 2.75) is 10.6 Å². The molecule has 0 saturated heterocycles. The summed E-state index contributed by atoms with van der Waals surface area (Å²) in [6.45, 7) is 0. The number of thioether (sulfide) groups is 1. The Kier molecular flexibility index (Phi) is 4.74. The Balaban J connectivity index is 2.06. The van der Waals surface area contributed by atoms with Crippen molar-refractivity contribution < 1.29 is 0 Å². The third-order valence-electron chi connectivity index (χ3n) is 2.28. The van der Waals surface area contributed by atoms with Crippen LogP contribution < -0.4 is 5.73 Å². The summed E-state index contributed by atoms with van der Waals surface area (Å²) in [7, 11) is 0. The Morgan fingerprint density at radius 3 is 2.89 bits per heavy atom. The average molecular weight is 339 g/mol. The summed E-state index contributed by atoms with van der Waals surface area (Å²) in [6.07, 6.45) is 1.73. The van der Waals surface area contributed by atoms with Crippen molar-refractivity contribution in [3.05, 3.63) is 58.3 Å². The molecule has 0 aliphatic heterocycles. The van der Waals surface area contributed by atoms with Gasteiger partial charge in [-0.25, -0.2) is 0 Å². The molecule has 0 fully saturated rings. The normalized spacial score (nSPS) is 10.3. The summed E-state index contributed by atoms with van der Waals surface area (Å²) in [5, 5.41) is 0. The molecule has 1 heterocycles. The number of hydrogen-bond acceptors (Lipinski definition) is 3. The fourth-order valence-corrected chi connectivity index (χ4v) is 2.85. The maximum Gasteiger partial charge on any atom is 0.122 e. The Morgan fingerprint density at radius 1 is 1.33 bits per heavy atom. The standard InChI is InChI=1S/C13H11BrN2S2/c14-10-3-1-2-9(6-10)8-18-11-4-5-16-12(7-11)13(15)17/h1-7H,8H2,(H2,15,17). The zero-order valence-corrected chi connectivity index (χ0v) is 12.7. The minimum Gasteiger partial charge on any atom is -0.388 e. The molecule has 0 bridgehead atoms. The predicted octanol–water partition coefficient (Wildman–Crippen LogP) is 3.77. The number of pyridine rings is 1. The second kappa shape index (κ2) is 6.31. The van der Waals surface area contributed by atoms with Gasteiger partial charge < -0.3 is 5.73 Å². The highest BCUT2D eigenvalue weighted by Gasteiger charge is 2.01. The van der Waals surface area contributed by atoms with E-state index in [1.165, 1.54) is 5.56 Å². The highest BCUT2D eigenvalue weighted by Crippen LogP contribution is 2.24. The second-order valence-electron chi connectivity index (χ2n) is 3.66. The Hall–Kier alpha value is -0.910. The van der Waals surface area contributed by atoms with E-state index in [4.69, 9.17) is 18.0 Å². The molecule has 0 spiro atoms. The molecule has 5 heteroatoms. The number of nitrogens with zero attached hydrogens (tertiary/aromatic N) is 1. The lowest BCUT2D eigenvalue weighted by atomic mass is 10.2. The molecule has 1 aromatic heterocycles. The Bertz CT molecular complexity index is 572. The van der Waals surface area contributed by atoms with Gasteiger partial charge in [0.05, 0.1) is 5.69 Å². The zero-order chi connectivity index (χ0) is 13.0. The SMILES string of the molecule is NC(=S)c1cc(SCc2cccc(Br)c2)ccn1. The van der Waals surface area contributed by atoms with Gasteiger partial charge in [0.2, 0.25) is 0 Å². The second-order valence-corrected chi connectivity index (χ2v) is 6.06. The lowest BCUT2D eigenvalue weighted by Gasteiger charge is -2.04. The van der Waals surface area contributed by atoms with Crippen molar-refractivity contribution in [2.75, 3.05) is 0 Å². The van der Waals surface area contributed by atoms with Gasteiger partial charge >= 0.3 is 0 Å². The first-order chi connectivity index (χ1) is 8.65. The highest BCUT2D eigenvalue weighted by molar-refractivity contribution is 9.10. The van der Waals surface area contributed by atoms with Gasteiger partial charge in [-0.05, 0) is 29.8 Å². The lowest BCUT2D eigenvalue weighted by Crippen LogP contribution is -2.11. The molecular weight excluding hydrogens is 328 g/mol. The van der Waals surface area contributed by atoms with E-state index >= 15 is 0 Å². The van der Waals surface area contributed by atoms with E-state index in [9.17, 15) is 0 Å². The summed E-state index contributed by atoms with van der Waals surface area (Å²) in [5.74, 6) is 0.903. The van der Waals surface area contributed by atoms with E-state index < -0.39 is 0 Å². The van der Waals surface area contributed by atoms with E-state index in [1.807, 2.05) is 24.3 Å². The van der Waals surface area contributed by atoms with E-state index in [1.54, 1.807) is 18.0 Å². The first-order valence-electron chi connectivity index (χ1n) is 5.28. The molecule has 1 aromatic carbocycles. The number of hydrogen-bond donors (Lipinski definition) is 1. The van der Waals surface area contributed by atoms with Gasteiger partial charge in [0, 0.05) is 21.3 Å². The van der Waals surface area contributed by atoms with E-state index in [0.29, 0.717) is 10.7 Å². The molecule has 0 aliphatic carbocycles. The third kappa shape index (κ3) is 3.80. The minimum absolute atomic E-state index is 0.333. The molecule has 2 aromatic rings. The van der Waals surface area contributed by atoms with Crippen molar-refractivity contribution in [2.24, 2.45) is 5.73 Å². The number of thiocarbonyl (C=S) groups is 1. The number of rotatable bonds is 4. The van der Waals surface area contributed by atoms with Crippen molar-refractivity contribution in [3.63, 3.8) is 0 Å². The van der Waals surface area contributed by atoms with Crippen LogP contribution in [0.4, 0.5) is 0 Å². The number of halogens is 1. The molecular formula is C13H11BrN2S2. The zero-order valence-electron chi connectivity index (χ0n) is 9.47. The average Bonchev–Trinajstić information content (AvgIpc) is 2.37. The lowest BCUT2D eigenvalue weighted by molar-refractivity contribution is 1.23. The fraction of sp³-hybridized carbons (Fsp3) is 0.0769. The number of aromatic nitrogens is 1. The summed E-state index contributed by atoms with van der Waals surface area (Å²) in [4.78, 5) is 5.57. The monoisotopic (exact) mass is 338 g/mol. The van der Waals surface area contributed by atoms with Crippen LogP contribution in [0.3, 0.4) is 0 Å². The molecule has 0 aliphatic rings. The van der Waals surface area contributed by atoms with Crippen molar-refractivity contribution in [1.29, 1.82) is 0 Å². The van der Waals surface area contributed by atoms with Crippen molar-refractivity contribution >= 4 is 44.9 Å². The summed E-state index contributed by atoms with van der Waals surface area (Å²) in [6, 6.07) is 12.2. The van der Waals surface area contributed by atoms with Gasteiger partial charge in [0.25, 0.3) is 0 Å². The maximum atomic E-state index is 5.56. The van der Waals surface area contributed by atoms with Crippen LogP contribution in [0.1, 0.15) is 11.3 Å². The maximum absolute atomic E-state index is 5.56. The molecule has 0 unspecified atom stereocenters. The van der Waals surface area contributed by atoms with Gasteiger partial charge in [-0.3, -0.25) is 4.98 Å². The molecule has 92 valence electrons. The van der Waals surface area contributed by atoms with Crippen molar-refractivity contribution in [1.82, 2.24) is 4.98 Å². The molecule has 0 atom stereocenters. The van der Waals surface area contributed by atoms with Crippen LogP contribution >= 0.6 is 39.9 Å². The molecule has 18 heavy (non-hydrogen) atoms. The number of benzene rings is 1. The summed E-state index contributed by atoms with van der Waals surface area (Å²) >= 11 is 10.1. The van der Waals surface area contributed by atoms with Crippen LogP contribution in [0.25, 0.3) is 0 Å².